The van der Waals surface area contributed by atoms with E-state index >= 15 is 0 Å². The van der Waals surface area contributed by atoms with Gasteiger partial charge in [-0.15, -0.1) is 0 Å². The van der Waals surface area contributed by atoms with E-state index in [1.54, 1.807) is 0 Å². The summed E-state index contributed by atoms with van der Waals surface area (Å²) in [7, 11) is 0. The van der Waals surface area contributed by atoms with E-state index in [1.807, 2.05) is 0 Å². The Bertz CT molecular complexity index is 739. The van der Waals surface area contributed by atoms with Gasteiger partial charge in [0, 0.05) is 32.8 Å². The molecule has 0 bridgehead atoms. The van der Waals surface area contributed by atoms with Gasteiger partial charge in [-0.2, -0.15) is 0 Å². The minimum atomic E-state index is 0.218. The van der Waals surface area contributed by atoms with Crippen LogP contribution >= 0.6 is 0 Å². The van der Waals surface area contributed by atoms with E-state index in [9.17, 15) is 0 Å². The number of morpholine rings is 1. The number of ether oxygens (including phenoxy) is 3. The zero-order chi connectivity index (χ0) is 34.3. The van der Waals surface area contributed by atoms with E-state index in [1.165, 1.54) is 141 Å². The highest BCUT2D eigenvalue weighted by Crippen LogP contribution is 2.12. The fourth-order valence-electron chi connectivity index (χ4n) is 6.11. The van der Waals surface area contributed by atoms with Crippen molar-refractivity contribution < 1.29 is 14.2 Å². The van der Waals surface area contributed by atoms with Crippen LogP contribution < -0.4 is 0 Å². The molecule has 1 aliphatic heterocycles. The molecule has 0 aromatic rings. The van der Waals surface area contributed by atoms with Crippen molar-refractivity contribution in [1.82, 2.24) is 4.90 Å². The molecule has 4 heteroatoms. The Morgan fingerprint density at radius 3 is 1.46 bits per heavy atom. The number of nitrogens with zero attached hydrogens (tertiary/aromatic N) is 1. The number of unbranched alkanes of at least 4 members (excludes halogenated alkanes) is 18. The molecule has 0 spiro atoms. The molecule has 1 fully saturated rings. The standard InChI is InChI=1S/C44H81NO3/c1-3-5-7-9-11-13-15-17-19-21-23-25-27-29-31-33-39-47-43-44(35-36-45-37-41-46-42-38-45)48-40-34-32-30-28-26-24-22-20-18-16-14-12-10-8-6-4-2/h11-14,17-20,44H,3-10,15-16,21-43H2,1-2H3/b13-11-,14-12-,19-17-,20-18-. The van der Waals surface area contributed by atoms with Gasteiger partial charge in [0.15, 0.2) is 0 Å². The molecule has 1 heterocycles. The number of rotatable bonds is 36. The molecule has 0 radical (unpaired) electrons. The lowest BCUT2D eigenvalue weighted by molar-refractivity contribution is -0.0319. The molecule has 1 saturated heterocycles. The van der Waals surface area contributed by atoms with Crippen molar-refractivity contribution in [3.63, 3.8) is 0 Å². The highest BCUT2D eigenvalue weighted by atomic mass is 16.5. The van der Waals surface area contributed by atoms with Gasteiger partial charge in [-0.3, -0.25) is 4.90 Å². The summed E-state index contributed by atoms with van der Waals surface area (Å²) in [6, 6.07) is 0. The summed E-state index contributed by atoms with van der Waals surface area (Å²) in [5.41, 5.74) is 0. The van der Waals surface area contributed by atoms with Gasteiger partial charge in [0.2, 0.25) is 0 Å². The summed E-state index contributed by atoms with van der Waals surface area (Å²) >= 11 is 0. The average molecular weight is 672 g/mol. The average Bonchev–Trinajstić information content (AvgIpc) is 3.11. The quantitative estimate of drug-likeness (QED) is 0.0490. The van der Waals surface area contributed by atoms with Gasteiger partial charge in [0.25, 0.3) is 0 Å². The monoisotopic (exact) mass is 672 g/mol. The highest BCUT2D eigenvalue weighted by Gasteiger charge is 2.15. The Balaban J connectivity index is 2.03. The maximum Gasteiger partial charge on any atom is 0.0820 e. The predicted molar refractivity (Wildman–Crippen MR) is 211 cm³/mol. The molecule has 0 amide bonds. The summed E-state index contributed by atoms with van der Waals surface area (Å²) in [6.07, 6.45) is 50.8. The Kier molecular flexibility index (Phi) is 36.0. The van der Waals surface area contributed by atoms with Gasteiger partial charge in [-0.1, -0.05) is 140 Å². The van der Waals surface area contributed by atoms with Crippen molar-refractivity contribution in [3.05, 3.63) is 48.6 Å². The second-order valence-corrected chi connectivity index (χ2v) is 14.0. The molecule has 0 aliphatic carbocycles. The Morgan fingerprint density at radius 2 is 0.958 bits per heavy atom. The molecule has 0 aromatic heterocycles. The molecule has 280 valence electrons. The lowest BCUT2D eigenvalue weighted by atomic mass is 10.1. The van der Waals surface area contributed by atoms with Gasteiger partial charge in [0.1, 0.15) is 0 Å². The molecule has 0 aromatic carbocycles. The van der Waals surface area contributed by atoms with Crippen molar-refractivity contribution in [3.8, 4) is 0 Å². The van der Waals surface area contributed by atoms with E-state index in [-0.39, 0.29) is 6.10 Å². The first-order valence-electron chi connectivity index (χ1n) is 21.0. The number of hydrogen-bond acceptors (Lipinski definition) is 4. The first-order chi connectivity index (χ1) is 23.9. The third kappa shape index (κ3) is 33.3. The SMILES string of the molecule is CCCCC/C=C\C/C=C\CCCCCCCCOCC(CCN1CCOCC1)OCCCCCCCC/C=C\C/C=C\CCCCC. The van der Waals surface area contributed by atoms with E-state index in [2.05, 4.69) is 67.4 Å². The maximum atomic E-state index is 6.38. The second-order valence-electron chi connectivity index (χ2n) is 14.0. The van der Waals surface area contributed by atoms with Crippen LogP contribution in [0.1, 0.15) is 174 Å². The van der Waals surface area contributed by atoms with Crippen molar-refractivity contribution in [2.24, 2.45) is 0 Å². The molecular formula is C44H81NO3. The molecule has 1 aliphatic rings. The predicted octanol–water partition coefficient (Wildman–Crippen LogP) is 12.7. The van der Waals surface area contributed by atoms with Crippen LogP contribution in [0.4, 0.5) is 0 Å². The first-order valence-corrected chi connectivity index (χ1v) is 21.0. The molecule has 1 atom stereocenters. The summed E-state index contributed by atoms with van der Waals surface area (Å²) < 4.78 is 18.1. The van der Waals surface area contributed by atoms with Gasteiger partial charge in [0.05, 0.1) is 25.9 Å². The maximum absolute atomic E-state index is 6.38. The minimum absolute atomic E-state index is 0.218. The van der Waals surface area contributed by atoms with Crippen molar-refractivity contribution in [2.45, 2.75) is 180 Å². The van der Waals surface area contributed by atoms with Crippen LogP contribution in [0, 0.1) is 0 Å². The van der Waals surface area contributed by atoms with E-state index in [0.29, 0.717) is 0 Å². The van der Waals surface area contributed by atoms with Crippen molar-refractivity contribution in [1.29, 1.82) is 0 Å². The largest absolute Gasteiger partial charge is 0.379 e. The fraction of sp³-hybridized carbons (Fsp3) is 0.818. The summed E-state index contributed by atoms with van der Waals surface area (Å²) in [4.78, 5) is 2.52. The Hall–Kier alpha value is -1.20. The second kappa shape index (κ2) is 38.6. The van der Waals surface area contributed by atoms with Crippen molar-refractivity contribution in [2.75, 3.05) is 52.7 Å². The van der Waals surface area contributed by atoms with Crippen molar-refractivity contribution >= 4 is 0 Å². The van der Waals surface area contributed by atoms with Crippen LogP contribution in [0.5, 0.6) is 0 Å². The molecule has 4 nitrogen and oxygen atoms in total. The smallest absolute Gasteiger partial charge is 0.0820 e. The van der Waals surface area contributed by atoms with Crippen LogP contribution in [-0.4, -0.2) is 63.7 Å². The molecule has 1 rings (SSSR count). The Labute approximate surface area is 300 Å². The van der Waals surface area contributed by atoms with Gasteiger partial charge >= 0.3 is 0 Å². The summed E-state index contributed by atoms with van der Waals surface area (Å²) in [5.74, 6) is 0. The zero-order valence-corrected chi connectivity index (χ0v) is 32.2. The first kappa shape index (κ1) is 44.8. The van der Waals surface area contributed by atoms with Crippen LogP contribution in [0.3, 0.4) is 0 Å². The fourth-order valence-corrected chi connectivity index (χ4v) is 6.11. The summed E-state index contributed by atoms with van der Waals surface area (Å²) in [5, 5.41) is 0. The van der Waals surface area contributed by atoms with Gasteiger partial charge < -0.3 is 14.2 Å². The van der Waals surface area contributed by atoms with Crippen LogP contribution in [-0.2, 0) is 14.2 Å². The van der Waals surface area contributed by atoms with Gasteiger partial charge in [-0.05, 0) is 83.5 Å². The highest BCUT2D eigenvalue weighted by molar-refractivity contribution is 4.93. The molecule has 48 heavy (non-hydrogen) atoms. The molecule has 0 saturated carbocycles. The summed E-state index contributed by atoms with van der Waals surface area (Å²) in [6.45, 7) is 11.9. The zero-order valence-electron chi connectivity index (χ0n) is 32.2. The normalized spacial score (nSPS) is 15.3. The van der Waals surface area contributed by atoms with Crippen LogP contribution in [0.25, 0.3) is 0 Å². The third-order valence-corrected chi connectivity index (χ3v) is 9.36. The lowest BCUT2D eigenvalue weighted by Gasteiger charge is -2.28. The molecular weight excluding hydrogens is 590 g/mol. The van der Waals surface area contributed by atoms with Crippen LogP contribution in [0.2, 0.25) is 0 Å². The molecule has 1 unspecified atom stereocenters. The number of allylic oxidation sites excluding steroid dienone is 8. The van der Waals surface area contributed by atoms with E-state index in [4.69, 9.17) is 14.2 Å². The van der Waals surface area contributed by atoms with Crippen LogP contribution in [0.15, 0.2) is 48.6 Å². The number of hydrogen-bond donors (Lipinski definition) is 0. The van der Waals surface area contributed by atoms with E-state index in [0.717, 1.165) is 71.9 Å². The Morgan fingerprint density at radius 1 is 0.521 bits per heavy atom. The van der Waals surface area contributed by atoms with Gasteiger partial charge in [-0.25, -0.2) is 0 Å². The third-order valence-electron chi connectivity index (χ3n) is 9.36. The van der Waals surface area contributed by atoms with E-state index < -0.39 is 0 Å². The topological polar surface area (TPSA) is 30.9 Å². The minimum Gasteiger partial charge on any atom is -0.379 e. The lowest BCUT2D eigenvalue weighted by Crippen LogP contribution is -2.38. The molecule has 0 N–H and O–H groups in total.